The molecule has 0 saturated carbocycles. The summed E-state index contributed by atoms with van der Waals surface area (Å²) in [6.07, 6.45) is 0. The van der Waals surface area contributed by atoms with Gasteiger partial charge in [0, 0.05) is 23.5 Å². The van der Waals surface area contributed by atoms with Crippen molar-refractivity contribution in [2.24, 2.45) is 0 Å². The molecule has 2 aromatic heterocycles. The molecule has 3 aromatic rings. The third kappa shape index (κ3) is 5.13. The van der Waals surface area contributed by atoms with Crippen molar-refractivity contribution in [1.29, 1.82) is 0 Å². The van der Waals surface area contributed by atoms with Crippen molar-refractivity contribution in [3.8, 4) is 22.2 Å². The Morgan fingerprint density at radius 2 is 1.90 bits per heavy atom. The Labute approximate surface area is 180 Å². The third-order valence-electron chi connectivity index (χ3n) is 4.75. The van der Waals surface area contributed by atoms with E-state index in [1.54, 1.807) is 23.5 Å². The monoisotopic (exact) mass is 450 g/mol. The molecular weight excluding hydrogens is 424 g/mol. The van der Waals surface area contributed by atoms with Gasteiger partial charge < -0.3 is 9.63 Å². The predicted molar refractivity (Wildman–Crippen MR) is 117 cm³/mol. The topological polar surface area (TPSA) is 109 Å². The van der Waals surface area contributed by atoms with E-state index in [2.05, 4.69) is 46.6 Å². The highest BCUT2D eigenvalue weighted by Gasteiger charge is 2.17. The maximum atomic E-state index is 12.1. The van der Waals surface area contributed by atoms with Crippen molar-refractivity contribution in [2.75, 3.05) is 26.2 Å². The molecule has 2 heterocycles. The lowest BCUT2D eigenvalue weighted by atomic mass is 10.2. The molecule has 0 aliphatic heterocycles. The van der Waals surface area contributed by atoms with Gasteiger partial charge in [-0.15, -0.1) is 11.3 Å². The van der Waals surface area contributed by atoms with Gasteiger partial charge >= 0.3 is 0 Å². The first-order valence-corrected chi connectivity index (χ1v) is 12.0. The van der Waals surface area contributed by atoms with E-state index in [9.17, 15) is 8.42 Å². The van der Waals surface area contributed by atoms with E-state index in [-0.39, 0.29) is 18.0 Å². The summed E-state index contributed by atoms with van der Waals surface area (Å²) in [5.41, 5.74) is 1.86. The largest absolute Gasteiger partial charge is 0.395 e. The summed E-state index contributed by atoms with van der Waals surface area (Å²) in [7, 11) is -3.65. The number of rotatable bonds is 10. The van der Waals surface area contributed by atoms with Crippen LogP contribution in [0.4, 0.5) is 0 Å². The third-order valence-corrected chi connectivity index (χ3v) is 7.43. The van der Waals surface area contributed by atoms with Gasteiger partial charge in [-0.05, 0) is 55.9 Å². The van der Waals surface area contributed by atoms with Gasteiger partial charge in [0.2, 0.25) is 15.8 Å². The van der Waals surface area contributed by atoms with Gasteiger partial charge in [-0.3, -0.25) is 4.90 Å². The number of hydrogen-bond acceptors (Lipinski definition) is 8. The molecule has 8 nitrogen and oxygen atoms in total. The van der Waals surface area contributed by atoms with E-state index in [0.29, 0.717) is 17.3 Å². The maximum absolute atomic E-state index is 12.1. The number of nitrogens with one attached hydrogen (secondary N) is 1. The molecule has 0 saturated heterocycles. The standard InChI is InChI=1S/C20H26N4O4S2/c1-4-24(5-2)13-18-14(3)12-17(29-18)20-22-19(23-28-20)15-6-8-16(9-7-15)30(26,27)21-10-11-25/h6-9,12,21,25H,4-5,10-11,13H2,1-3H3. The number of aliphatic hydroxyl groups excluding tert-OH is 1. The first-order valence-electron chi connectivity index (χ1n) is 9.74. The number of nitrogens with zero attached hydrogens (tertiary/aromatic N) is 3. The summed E-state index contributed by atoms with van der Waals surface area (Å²) in [4.78, 5) is 9.14. The van der Waals surface area contributed by atoms with Crippen LogP contribution in [0.5, 0.6) is 0 Å². The number of sulfonamides is 1. The lowest BCUT2D eigenvalue weighted by molar-refractivity contribution is 0.298. The summed E-state index contributed by atoms with van der Waals surface area (Å²) in [5, 5.41) is 12.8. The van der Waals surface area contributed by atoms with Crippen LogP contribution in [0, 0.1) is 6.92 Å². The Hall–Kier alpha value is -2.11. The van der Waals surface area contributed by atoms with E-state index in [0.717, 1.165) is 24.5 Å². The second-order valence-electron chi connectivity index (χ2n) is 6.75. The molecule has 0 bridgehead atoms. The molecular formula is C20H26N4O4S2. The van der Waals surface area contributed by atoms with Gasteiger partial charge in [0.15, 0.2) is 0 Å². The fourth-order valence-corrected chi connectivity index (χ4v) is 5.08. The fourth-order valence-electron chi connectivity index (χ4n) is 2.92. The number of hydrogen-bond donors (Lipinski definition) is 2. The zero-order valence-electron chi connectivity index (χ0n) is 17.3. The molecule has 2 N–H and O–H groups in total. The molecule has 0 fully saturated rings. The number of aromatic nitrogens is 2. The van der Waals surface area contributed by atoms with Crippen LogP contribution < -0.4 is 4.72 Å². The zero-order valence-corrected chi connectivity index (χ0v) is 18.9. The van der Waals surface area contributed by atoms with Crippen LogP contribution in [0.2, 0.25) is 0 Å². The Kier molecular flexibility index (Phi) is 7.37. The van der Waals surface area contributed by atoms with Crippen LogP contribution in [0.3, 0.4) is 0 Å². The minimum atomic E-state index is -3.65. The Morgan fingerprint density at radius 1 is 1.20 bits per heavy atom. The average molecular weight is 451 g/mol. The van der Waals surface area contributed by atoms with Crippen molar-refractivity contribution in [2.45, 2.75) is 32.2 Å². The first kappa shape index (κ1) is 22.6. The molecule has 1 aromatic carbocycles. The van der Waals surface area contributed by atoms with E-state index in [1.807, 2.05) is 0 Å². The van der Waals surface area contributed by atoms with Crippen LogP contribution in [0.25, 0.3) is 22.2 Å². The summed E-state index contributed by atoms with van der Waals surface area (Å²) in [6.45, 7) is 8.97. The zero-order chi connectivity index (χ0) is 21.7. The molecule has 0 aliphatic carbocycles. The predicted octanol–water partition coefficient (Wildman–Crippen LogP) is 2.89. The van der Waals surface area contributed by atoms with Gasteiger partial charge in [0.05, 0.1) is 16.4 Å². The molecule has 0 spiro atoms. The Balaban J connectivity index is 1.78. The molecule has 0 atom stereocenters. The normalized spacial score (nSPS) is 12.0. The molecule has 162 valence electrons. The van der Waals surface area contributed by atoms with Crippen molar-refractivity contribution >= 4 is 21.4 Å². The number of aliphatic hydroxyl groups is 1. The molecule has 30 heavy (non-hydrogen) atoms. The average Bonchev–Trinajstić information content (AvgIpc) is 3.37. The van der Waals surface area contributed by atoms with Crippen molar-refractivity contribution in [1.82, 2.24) is 19.8 Å². The van der Waals surface area contributed by atoms with E-state index in [4.69, 9.17) is 9.63 Å². The van der Waals surface area contributed by atoms with Crippen molar-refractivity contribution < 1.29 is 18.0 Å². The second-order valence-corrected chi connectivity index (χ2v) is 9.65. The van der Waals surface area contributed by atoms with Crippen LogP contribution in [-0.2, 0) is 16.6 Å². The molecule has 10 heteroatoms. The maximum Gasteiger partial charge on any atom is 0.268 e. The summed E-state index contributed by atoms with van der Waals surface area (Å²) < 4.78 is 32.0. The highest BCUT2D eigenvalue weighted by molar-refractivity contribution is 7.89. The highest BCUT2D eigenvalue weighted by atomic mass is 32.2. The lowest BCUT2D eigenvalue weighted by Crippen LogP contribution is -2.26. The van der Waals surface area contributed by atoms with Crippen LogP contribution in [-0.4, -0.2) is 54.8 Å². The van der Waals surface area contributed by atoms with Crippen LogP contribution in [0.1, 0.15) is 24.3 Å². The summed E-state index contributed by atoms with van der Waals surface area (Å²) in [6, 6.07) is 8.27. The minimum Gasteiger partial charge on any atom is -0.395 e. The number of benzene rings is 1. The fraction of sp³-hybridized carbons (Fsp3) is 0.400. The smallest absolute Gasteiger partial charge is 0.268 e. The number of aryl methyl sites for hydroxylation is 1. The lowest BCUT2D eigenvalue weighted by Gasteiger charge is -2.17. The summed E-state index contributed by atoms with van der Waals surface area (Å²) in [5.74, 6) is 0.846. The van der Waals surface area contributed by atoms with E-state index < -0.39 is 10.0 Å². The van der Waals surface area contributed by atoms with Gasteiger partial charge in [-0.1, -0.05) is 19.0 Å². The van der Waals surface area contributed by atoms with Gasteiger partial charge in [0.25, 0.3) is 5.89 Å². The van der Waals surface area contributed by atoms with E-state index >= 15 is 0 Å². The first-order chi connectivity index (χ1) is 14.4. The van der Waals surface area contributed by atoms with Crippen LogP contribution >= 0.6 is 11.3 Å². The molecule has 0 amide bonds. The molecule has 0 radical (unpaired) electrons. The summed E-state index contributed by atoms with van der Waals surface area (Å²) >= 11 is 1.65. The second kappa shape index (κ2) is 9.80. The van der Waals surface area contributed by atoms with Gasteiger partial charge in [-0.25, -0.2) is 13.1 Å². The highest BCUT2D eigenvalue weighted by Crippen LogP contribution is 2.32. The quantitative estimate of drug-likeness (QED) is 0.489. The SMILES string of the molecule is CCN(CC)Cc1sc(-c2nc(-c3ccc(S(=O)(=O)NCCO)cc3)no2)cc1C. The van der Waals surface area contributed by atoms with Gasteiger partial charge in [0.1, 0.15) is 0 Å². The Bertz CT molecular complexity index is 1070. The molecule has 3 rings (SSSR count). The molecule has 0 aliphatic rings. The van der Waals surface area contributed by atoms with Gasteiger partial charge in [-0.2, -0.15) is 4.98 Å². The van der Waals surface area contributed by atoms with Crippen molar-refractivity contribution in [3.63, 3.8) is 0 Å². The minimum absolute atomic E-state index is 0.0330. The molecule has 0 unspecified atom stereocenters. The Morgan fingerprint density at radius 3 is 2.53 bits per heavy atom. The van der Waals surface area contributed by atoms with Crippen molar-refractivity contribution in [3.05, 3.63) is 40.8 Å². The van der Waals surface area contributed by atoms with E-state index in [1.165, 1.54) is 22.6 Å². The van der Waals surface area contributed by atoms with Crippen LogP contribution in [0.15, 0.2) is 39.8 Å². The number of thiophene rings is 1.